The molecule has 1 aromatic carbocycles. The van der Waals surface area contributed by atoms with Gasteiger partial charge in [0.25, 0.3) is 5.91 Å². The maximum atomic E-state index is 11.9. The van der Waals surface area contributed by atoms with Crippen molar-refractivity contribution in [3.63, 3.8) is 0 Å². The Hall–Kier alpha value is -2.41. The van der Waals surface area contributed by atoms with E-state index in [4.69, 9.17) is 16.7 Å². The molecule has 1 heterocycles. The van der Waals surface area contributed by atoms with Crippen LogP contribution in [0.2, 0.25) is 5.02 Å². The first-order valence-electron chi connectivity index (χ1n) is 5.66. The van der Waals surface area contributed by atoms with Gasteiger partial charge in [-0.2, -0.15) is 5.10 Å². The molecule has 0 fully saturated rings. The molecule has 2 rings (SSSR count). The standard InChI is InChI=1S/C12H10ClN3O4/c13-7-3-6(12(19)20)4-8(5-7)14-11(18)9-1-2-10(17)16-15-9/h3-5H,1-2H2,(H,14,18)(H,16,17)(H,19,20). The molecule has 1 aliphatic heterocycles. The fourth-order valence-corrected chi connectivity index (χ4v) is 1.86. The lowest BCUT2D eigenvalue weighted by molar-refractivity contribution is -0.121. The minimum atomic E-state index is -1.15. The van der Waals surface area contributed by atoms with Crippen LogP contribution < -0.4 is 10.7 Å². The van der Waals surface area contributed by atoms with Crippen LogP contribution in [-0.2, 0) is 9.59 Å². The Bertz CT molecular complexity index is 627. The van der Waals surface area contributed by atoms with E-state index in [1.807, 2.05) is 0 Å². The van der Waals surface area contributed by atoms with E-state index in [9.17, 15) is 14.4 Å². The maximum Gasteiger partial charge on any atom is 0.335 e. The van der Waals surface area contributed by atoms with Crippen molar-refractivity contribution in [1.29, 1.82) is 0 Å². The molecule has 0 atom stereocenters. The first-order chi connectivity index (χ1) is 9.45. The predicted octanol–water partition coefficient (Wildman–Crippen LogP) is 1.24. The summed E-state index contributed by atoms with van der Waals surface area (Å²) >= 11 is 5.78. The van der Waals surface area contributed by atoms with E-state index >= 15 is 0 Å². The van der Waals surface area contributed by atoms with E-state index in [0.29, 0.717) is 0 Å². The first-order valence-corrected chi connectivity index (χ1v) is 6.04. The predicted molar refractivity (Wildman–Crippen MR) is 71.9 cm³/mol. The van der Waals surface area contributed by atoms with Crippen LogP contribution in [0.15, 0.2) is 23.3 Å². The number of rotatable bonds is 3. The van der Waals surface area contributed by atoms with Crippen LogP contribution in [0.3, 0.4) is 0 Å². The molecule has 2 amide bonds. The molecule has 8 heteroatoms. The van der Waals surface area contributed by atoms with Crippen LogP contribution in [0.4, 0.5) is 5.69 Å². The first kappa shape index (κ1) is 14.0. The van der Waals surface area contributed by atoms with E-state index in [2.05, 4.69) is 15.8 Å². The van der Waals surface area contributed by atoms with Gasteiger partial charge in [0.15, 0.2) is 0 Å². The Labute approximate surface area is 118 Å². The molecule has 1 aromatic rings. The smallest absolute Gasteiger partial charge is 0.335 e. The SMILES string of the molecule is O=C1CCC(C(=O)Nc2cc(Cl)cc(C(=O)O)c2)=NN1. The van der Waals surface area contributed by atoms with E-state index in [1.165, 1.54) is 18.2 Å². The van der Waals surface area contributed by atoms with Crippen LogP contribution >= 0.6 is 11.6 Å². The van der Waals surface area contributed by atoms with Gasteiger partial charge in [-0.15, -0.1) is 0 Å². The highest BCUT2D eigenvalue weighted by atomic mass is 35.5. The van der Waals surface area contributed by atoms with Crippen molar-refractivity contribution in [2.45, 2.75) is 12.8 Å². The van der Waals surface area contributed by atoms with Gasteiger partial charge < -0.3 is 10.4 Å². The van der Waals surface area contributed by atoms with Crippen molar-refractivity contribution in [3.05, 3.63) is 28.8 Å². The van der Waals surface area contributed by atoms with Crippen molar-refractivity contribution in [3.8, 4) is 0 Å². The van der Waals surface area contributed by atoms with Gasteiger partial charge in [0, 0.05) is 23.6 Å². The average Bonchev–Trinajstić information content (AvgIpc) is 2.38. The van der Waals surface area contributed by atoms with E-state index < -0.39 is 11.9 Å². The summed E-state index contributed by atoms with van der Waals surface area (Å²) in [6, 6.07) is 3.99. The molecule has 0 saturated heterocycles. The zero-order valence-corrected chi connectivity index (χ0v) is 10.9. The highest BCUT2D eigenvalue weighted by Gasteiger charge is 2.18. The largest absolute Gasteiger partial charge is 0.478 e. The lowest BCUT2D eigenvalue weighted by Gasteiger charge is -2.12. The summed E-state index contributed by atoms with van der Waals surface area (Å²) in [4.78, 5) is 33.7. The number of hydrazone groups is 1. The normalized spacial score (nSPS) is 14.2. The highest BCUT2D eigenvalue weighted by molar-refractivity contribution is 6.43. The number of carbonyl (C=O) groups is 3. The monoisotopic (exact) mass is 295 g/mol. The van der Waals surface area contributed by atoms with Gasteiger partial charge in [-0.1, -0.05) is 11.6 Å². The van der Waals surface area contributed by atoms with Crippen LogP contribution in [0.5, 0.6) is 0 Å². The number of hydrogen-bond donors (Lipinski definition) is 3. The van der Waals surface area contributed by atoms with E-state index in [1.54, 1.807) is 0 Å². The highest BCUT2D eigenvalue weighted by Crippen LogP contribution is 2.19. The number of nitrogens with one attached hydrogen (secondary N) is 2. The molecule has 0 aromatic heterocycles. The van der Waals surface area contributed by atoms with Crippen LogP contribution in [-0.4, -0.2) is 28.6 Å². The molecule has 1 aliphatic rings. The van der Waals surface area contributed by atoms with Crippen molar-refractivity contribution >= 4 is 40.8 Å². The molecule has 104 valence electrons. The third-order valence-corrected chi connectivity index (χ3v) is 2.79. The number of carboxylic acid groups (broad SMARTS) is 1. The second-order valence-corrected chi connectivity index (χ2v) is 4.52. The number of amides is 2. The van der Waals surface area contributed by atoms with Gasteiger partial charge in [-0.3, -0.25) is 9.59 Å². The molecular weight excluding hydrogens is 286 g/mol. The molecule has 0 bridgehead atoms. The third-order valence-electron chi connectivity index (χ3n) is 2.57. The van der Waals surface area contributed by atoms with E-state index in [-0.39, 0.29) is 40.7 Å². The van der Waals surface area contributed by atoms with Crippen molar-refractivity contribution in [2.24, 2.45) is 5.10 Å². The number of nitrogens with zero attached hydrogens (tertiary/aromatic N) is 1. The molecule has 3 N–H and O–H groups in total. The lowest BCUT2D eigenvalue weighted by Crippen LogP contribution is -2.32. The van der Waals surface area contributed by atoms with E-state index in [0.717, 1.165) is 0 Å². The van der Waals surface area contributed by atoms with Crippen molar-refractivity contribution < 1.29 is 19.5 Å². The number of benzene rings is 1. The Balaban J connectivity index is 2.15. The minimum Gasteiger partial charge on any atom is -0.478 e. The van der Waals surface area contributed by atoms with Crippen LogP contribution in [0.25, 0.3) is 0 Å². The molecule has 0 radical (unpaired) electrons. The number of carbonyl (C=O) groups excluding carboxylic acids is 2. The summed E-state index contributed by atoms with van der Waals surface area (Å²) in [7, 11) is 0. The fourth-order valence-electron chi connectivity index (χ4n) is 1.63. The second kappa shape index (κ2) is 5.70. The van der Waals surface area contributed by atoms with Gasteiger partial charge in [-0.25, -0.2) is 10.2 Å². The summed E-state index contributed by atoms with van der Waals surface area (Å²) < 4.78 is 0. The fraction of sp³-hybridized carbons (Fsp3) is 0.167. The second-order valence-electron chi connectivity index (χ2n) is 4.08. The maximum absolute atomic E-state index is 11.9. The zero-order valence-electron chi connectivity index (χ0n) is 10.1. The number of aromatic carboxylic acids is 1. The number of anilines is 1. The van der Waals surface area contributed by atoms with Crippen molar-refractivity contribution in [1.82, 2.24) is 5.43 Å². The van der Waals surface area contributed by atoms with Gasteiger partial charge in [0.1, 0.15) is 5.71 Å². The van der Waals surface area contributed by atoms with Crippen LogP contribution in [0.1, 0.15) is 23.2 Å². The van der Waals surface area contributed by atoms with Gasteiger partial charge >= 0.3 is 5.97 Å². The molecule has 0 saturated carbocycles. The summed E-state index contributed by atoms with van der Waals surface area (Å²) in [6.45, 7) is 0. The molecule has 0 spiro atoms. The quantitative estimate of drug-likeness (QED) is 0.779. The minimum absolute atomic E-state index is 0.0355. The molecule has 0 aliphatic carbocycles. The average molecular weight is 296 g/mol. The van der Waals surface area contributed by atoms with Crippen molar-refractivity contribution in [2.75, 3.05) is 5.32 Å². The molecule has 7 nitrogen and oxygen atoms in total. The topological polar surface area (TPSA) is 108 Å². The molecular formula is C12H10ClN3O4. The Morgan fingerprint density at radius 3 is 2.65 bits per heavy atom. The molecule has 0 unspecified atom stereocenters. The summed E-state index contributed by atoms with van der Waals surface area (Å²) in [6.07, 6.45) is 0.409. The summed E-state index contributed by atoms with van der Waals surface area (Å²) in [5, 5.41) is 15.2. The summed E-state index contributed by atoms with van der Waals surface area (Å²) in [5.74, 6) is -1.91. The van der Waals surface area contributed by atoms with Gasteiger partial charge in [0.05, 0.1) is 5.56 Å². The summed E-state index contributed by atoms with van der Waals surface area (Å²) in [5.41, 5.74) is 2.59. The Kier molecular flexibility index (Phi) is 3.99. The number of carboxylic acids is 1. The zero-order chi connectivity index (χ0) is 14.7. The third kappa shape index (κ3) is 3.33. The Morgan fingerprint density at radius 1 is 1.30 bits per heavy atom. The van der Waals surface area contributed by atoms with Gasteiger partial charge in [-0.05, 0) is 18.2 Å². The number of hydrogen-bond acceptors (Lipinski definition) is 4. The number of halogens is 1. The Morgan fingerprint density at radius 2 is 2.05 bits per heavy atom. The van der Waals surface area contributed by atoms with Gasteiger partial charge in [0.2, 0.25) is 5.91 Å². The molecule has 20 heavy (non-hydrogen) atoms. The lowest BCUT2D eigenvalue weighted by atomic mass is 10.1. The van der Waals surface area contributed by atoms with Crippen LogP contribution in [0, 0.1) is 0 Å².